The molecular weight excluding hydrogens is 210 g/mol. The minimum atomic E-state index is -1.14. The number of ether oxygens (including phenoxy) is 1. The summed E-state index contributed by atoms with van der Waals surface area (Å²) in [5.74, 6) is -1.52. The third-order valence-electron chi connectivity index (χ3n) is 1.86. The normalized spacial score (nSPS) is 9.50. The molecule has 0 radical (unpaired) electrons. The number of para-hydroxylation sites is 1. The van der Waals surface area contributed by atoms with Gasteiger partial charge in [-0.3, -0.25) is 4.79 Å². The summed E-state index contributed by atoms with van der Waals surface area (Å²) in [6.07, 6.45) is 0. The highest BCUT2D eigenvalue weighted by Crippen LogP contribution is 2.17. The molecule has 0 aliphatic carbocycles. The molecule has 5 nitrogen and oxygen atoms in total. The summed E-state index contributed by atoms with van der Waals surface area (Å²) in [6, 6.07) is 6.33. The Bertz CT molecular complexity index is 439. The van der Waals surface area contributed by atoms with Gasteiger partial charge >= 0.3 is 5.97 Å². The van der Waals surface area contributed by atoms with E-state index in [4.69, 9.17) is 15.6 Å². The van der Waals surface area contributed by atoms with Crippen molar-refractivity contribution in [3.63, 3.8) is 0 Å². The van der Waals surface area contributed by atoms with Crippen molar-refractivity contribution in [1.29, 1.82) is 0 Å². The molecule has 0 heterocycles. The van der Waals surface area contributed by atoms with Gasteiger partial charge in [0.1, 0.15) is 12.4 Å². The molecule has 16 heavy (non-hydrogen) atoms. The van der Waals surface area contributed by atoms with Gasteiger partial charge in [-0.2, -0.15) is 0 Å². The molecule has 0 aliphatic rings. The molecular formula is C11H11NO4. The lowest BCUT2D eigenvalue weighted by Crippen LogP contribution is -2.15. The number of hydrogen-bond acceptors (Lipinski definition) is 3. The van der Waals surface area contributed by atoms with Crippen LogP contribution in [0.3, 0.4) is 0 Å². The highest BCUT2D eigenvalue weighted by atomic mass is 16.5. The van der Waals surface area contributed by atoms with Crippen molar-refractivity contribution in [2.45, 2.75) is 0 Å². The van der Waals surface area contributed by atoms with E-state index < -0.39 is 11.9 Å². The van der Waals surface area contributed by atoms with Gasteiger partial charge in [-0.05, 0) is 12.1 Å². The van der Waals surface area contributed by atoms with Crippen molar-refractivity contribution in [3.05, 3.63) is 42.0 Å². The summed E-state index contributed by atoms with van der Waals surface area (Å²) in [7, 11) is 0. The smallest absolute Gasteiger partial charge is 0.334 e. The SMILES string of the molecule is C=C(COc1ccccc1C(N)=O)C(=O)O. The molecule has 0 atom stereocenters. The summed E-state index contributed by atoms with van der Waals surface area (Å²) in [5.41, 5.74) is 5.23. The lowest BCUT2D eigenvalue weighted by molar-refractivity contribution is -0.133. The van der Waals surface area contributed by atoms with Crippen LogP contribution in [0.4, 0.5) is 0 Å². The van der Waals surface area contributed by atoms with Gasteiger partial charge in [0.2, 0.25) is 0 Å². The molecule has 0 saturated carbocycles. The van der Waals surface area contributed by atoms with Gasteiger partial charge in [0.15, 0.2) is 0 Å². The number of amides is 1. The van der Waals surface area contributed by atoms with Gasteiger partial charge in [-0.15, -0.1) is 0 Å². The minimum Gasteiger partial charge on any atom is -0.488 e. The Labute approximate surface area is 92.1 Å². The number of carboxylic acid groups (broad SMARTS) is 1. The second-order valence-electron chi connectivity index (χ2n) is 3.06. The maximum atomic E-state index is 11.0. The number of carboxylic acids is 1. The van der Waals surface area contributed by atoms with E-state index in [0.717, 1.165) is 0 Å². The zero-order valence-corrected chi connectivity index (χ0v) is 8.47. The van der Waals surface area contributed by atoms with Crippen molar-refractivity contribution in [2.75, 3.05) is 6.61 Å². The van der Waals surface area contributed by atoms with Crippen LogP contribution in [0.5, 0.6) is 5.75 Å². The number of hydrogen-bond donors (Lipinski definition) is 2. The molecule has 1 aromatic rings. The third-order valence-corrected chi connectivity index (χ3v) is 1.86. The fourth-order valence-electron chi connectivity index (χ4n) is 1.02. The number of rotatable bonds is 5. The Morgan fingerprint density at radius 2 is 2.00 bits per heavy atom. The van der Waals surface area contributed by atoms with E-state index in [0.29, 0.717) is 0 Å². The predicted molar refractivity (Wildman–Crippen MR) is 57.2 cm³/mol. The summed E-state index contributed by atoms with van der Waals surface area (Å²) < 4.78 is 5.14. The van der Waals surface area contributed by atoms with Crippen LogP contribution in [-0.2, 0) is 4.79 Å². The molecule has 0 bridgehead atoms. The van der Waals surface area contributed by atoms with E-state index in [2.05, 4.69) is 6.58 Å². The molecule has 0 spiro atoms. The van der Waals surface area contributed by atoms with Crippen LogP contribution >= 0.6 is 0 Å². The first kappa shape index (κ1) is 11.8. The standard InChI is InChI=1S/C11H11NO4/c1-7(11(14)15)6-16-9-5-3-2-4-8(9)10(12)13/h2-5H,1,6H2,(H2,12,13)(H,14,15). The molecule has 0 aliphatic heterocycles. The van der Waals surface area contributed by atoms with E-state index in [1.54, 1.807) is 12.1 Å². The molecule has 5 heteroatoms. The van der Waals surface area contributed by atoms with E-state index in [1.807, 2.05) is 0 Å². The number of primary amides is 1. The van der Waals surface area contributed by atoms with E-state index in [1.165, 1.54) is 12.1 Å². The quantitative estimate of drug-likeness (QED) is 0.720. The minimum absolute atomic E-state index is 0.0979. The number of carbonyl (C=O) groups excluding carboxylic acids is 1. The average molecular weight is 221 g/mol. The first-order valence-electron chi connectivity index (χ1n) is 4.45. The van der Waals surface area contributed by atoms with Gasteiger partial charge in [0, 0.05) is 0 Å². The van der Waals surface area contributed by atoms with E-state index >= 15 is 0 Å². The summed E-state index contributed by atoms with van der Waals surface area (Å²) >= 11 is 0. The molecule has 0 unspecified atom stereocenters. The Morgan fingerprint density at radius 3 is 2.56 bits per heavy atom. The lowest BCUT2D eigenvalue weighted by Gasteiger charge is -2.08. The van der Waals surface area contributed by atoms with Crippen LogP contribution in [0.2, 0.25) is 0 Å². The fourth-order valence-corrected chi connectivity index (χ4v) is 1.02. The first-order chi connectivity index (χ1) is 7.52. The molecule has 3 N–H and O–H groups in total. The van der Waals surface area contributed by atoms with Crippen molar-refractivity contribution in [1.82, 2.24) is 0 Å². The zero-order chi connectivity index (χ0) is 12.1. The zero-order valence-electron chi connectivity index (χ0n) is 8.47. The molecule has 1 amide bonds. The number of nitrogens with two attached hydrogens (primary N) is 1. The monoisotopic (exact) mass is 221 g/mol. The average Bonchev–Trinajstić information content (AvgIpc) is 2.25. The summed E-state index contributed by atoms with van der Waals surface area (Å²) in [6.45, 7) is 3.11. The highest BCUT2D eigenvalue weighted by molar-refractivity contribution is 5.95. The van der Waals surface area contributed by atoms with Crippen LogP contribution in [0.1, 0.15) is 10.4 Å². The highest BCUT2D eigenvalue weighted by Gasteiger charge is 2.10. The van der Waals surface area contributed by atoms with Gasteiger partial charge in [-0.25, -0.2) is 4.79 Å². The maximum Gasteiger partial charge on any atom is 0.334 e. The topological polar surface area (TPSA) is 89.6 Å². The van der Waals surface area contributed by atoms with E-state index in [9.17, 15) is 9.59 Å². The Balaban J connectivity index is 2.78. The van der Waals surface area contributed by atoms with Gasteiger partial charge in [0.25, 0.3) is 5.91 Å². The number of carbonyl (C=O) groups is 2. The molecule has 0 aromatic heterocycles. The molecule has 0 fully saturated rings. The van der Waals surface area contributed by atoms with E-state index in [-0.39, 0.29) is 23.5 Å². The van der Waals surface area contributed by atoms with Crippen LogP contribution in [0, 0.1) is 0 Å². The van der Waals surface area contributed by atoms with Crippen LogP contribution in [-0.4, -0.2) is 23.6 Å². The van der Waals surface area contributed by atoms with Crippen LogP contribution in [0.15, 0.2) is 36.4 Å². The van der Waals surface area contributed by atoms with Crippen molar-refractivity contribution in [2.24, 2.45) is 5.73 Å². The summed E-state index contributed by atoms with van der Waals surface area (Å²) in [5, 5.41) is 8.57. The fraction of sp³-hybridized carbons (Fsp3) is 0.0909. The summed E-state index contributed by atoms with van der Waals surface area (Å²) in [4.78, 5) is 21.5. The van der Waals surface area contributed by atoms with Crippen LogP contribution in [0.25, 0.3) is 0 Å². The predicted octanol–water partition coefficient (Wildman–Crippen LogP) is 0.805. The second-order valence-corrected chi connectivity index (χ2v) is 3.06. The van der Waals surface area contributed by atoms with Gasteiger partial charge in [-0.1, -0.05) is 18.7 Å². The Morgan fingerprint density at radius 1 is 1.38 bits per heavy atom. The lowest BCUT2D eigenvalue weighted by atomic mass is 10.2. The van der Waals surface area contributed by atoms with Gasteiger partial charge < -0.3 is 15.6 Å². The maximum absolute atomic E-state index is 11.0. The van der Waals surface area contributed by atoms with Gasteiger partial charge in [0.05, 0.1) is 11.1 Å². The molecule has 84 valence electrons. The Hall–Kier alpha value is -2.30. The molecule has 1 aromatic carbocycles. The molecule has 0 saturated heterocycles. The number of benzene rings is 1. The third kappa shape index (κ3) is 2.84. The second kappa shape index (κ2) is 4.97. The number of aliphatic carboxylic acids is 1. The van der Waals surface area contributed by atoms with Crippen LogP contribution < -0.4 is 10.5 Å². The van der Waals surface area contributed by atoms with Crippen molar-refractivity contribution in [3.8, 4) is 5.75 Å². The Kier molecular flexibility index (Phi) is 3.66. The largest absolute Gasteiger partial charge is 0.488 e. The first-order valence-corrected chi connectivity index (χ1v) is 4.45. The molecule has 1 rings (SSSR count). The van der Waals surface area contributed by atoms with Crippen molar-refractivity contribution < 1.29 is 19.4 Å². The van der Waals surface area contributed by atoms with Crippen molar-refractivity contribution >= 4 is 11.9 Å².